The van der Waals surface area contributed by atoms with Gasteiger partial charge in [0.15, 0.2) is 0 Å². The van der Waals surface area contributed by atoms with Crippen molar-refractivity contribution in [1.29, 1.82) is 0 Å². The fraction of sp³-hybridized carbons (Fsp3) is 0.105. The van der Waals surface area contributed by atoms with Gasteiger partial charge in [-0.2, -0.15) is 10.2 Å². The molecule has 9 nitrogen and oxygen atoms in total. The molecule has 2 aromatic carbocycles. The number of aromatic nitrogens is 3. The van der Waals surface area contributed by atoms with Crippen LogP contribution in [0.25, 0.3) is 5.69 Å². The Morgan fingerprint density at radius 2 is 1.97 bits per heavy atom. The number of hydrogen-bond acceptors (Lipinski definition) is 6. The monoisotopic (exact) mass is 427 g/mol. The molecule has 2 heterocycles. The standard InChI is InChI=1S/C19H15ClFN7O2/c20-11-1-6-16(27-10-23-9-24-27)14(7-11)25-19(30)15-8-17(18(22)29)28(26-15)13-4-2-12(21)3-5-13/h1-7,9-10,17H,8H2,(H2,22,29)(H,25,30). The van der Waals surface area contributed by atoms with Crippen LogP contribution in [0.4, 0.5) is 15.8 Å². The van der Waals surface area contributed by atoms with Gasteiger partial charge < -0.3 is 11.1 Å². The number of halogens is 2. The number of nitrogens with zero attached hydrogens (tertiary/aromatic N) is 5. The van der Waals surface area contributed by atoms with Gasteiger partial charge in [-0.1, -0.05) is 11.6 Å². The summed E-state index contributed by atoms with van der Waals surface area (Å²) < 4.78 is 14.7. The first-order valence-corrected chi connectivity index (χ1v) is 9.17. The van der Waals surface area contributed by atoms with Crippen molar-refractivity contribution < 1.29 is 14.0 Å². The van der Waals surface area contributed by atoms with E-state index in [0.717, 1.165) is 0 Å². The topological polar surface area (TPSA) is 118 Å². The molecule has 1 aliphatic rings. The summed E-state index contributed by atoms with van der Waals surface area (Å²) >= 11 is 6.08. The van der Waals surface area contributed by atoms with E-state index in [1.165, 1.54) is 46.6 Å². The van der Waals surface area contributed by atoms with Crippen LogP contribution in [0, 0.1) is 5.82 Å². The van der Waals surface area contributed by atoms with Crippen molar-refractivity contribution in [1.82, 2.24) is 14.8 Å². The van der Waals surface area contributed by atoms with E-state index in [9.17, 15) is 14.0 Å². The van der Waals surface area contributed by atoms with Gasteiger partial charge in [0.2, 0.25) is 5.91 Å². The van der Waals surface area contributed by atoms with Gasteiger partial charge in [-0.3, -0.25) is 14.6 Å². The maximum absolute atomic E-state index is 13.2. The zero-order chi connectivity index (χ0) is 21.3. The molecule has 0 saturated heterocycles. The molecule has 11 heteroatoms. The van der Waals surface area contributed by atoms with E-state index in [-0.39, 0.29) is 12.1 Å². The number of carbonyl (C=O) groups is 2. The number of primary amides is 1. The van der Waals surface area contributed by atoms with Gasteiger partial charge in [0.1, 0.15) is 30.2 Å². The first-order chi connectivity index (χ1) is 14.4. The number of hydrazone groups is 1. The summed E-state index contributed by atoms with van der Waals surface area (Å²) in [6.07, 6.45) is 2.84. The normalized spacial score (nSPS) is 15.7. The number of anilines is 2. The molecule has 0 aliphatic carbocycles. The van der Waals surface area contributed by atoms with Crippen molar-refractivity contribution in [2.45, 2.75) is 12.5 Å². The second-order valence-electron chi connectivity index (χ2n) is 6.45. The van der Waals surface area contributed by atoms with Crippen LogP contribution < -0.4 is 16.1 Å². The molecule has 0 bridgehead atoms. The van der Waals surface area contributed by atoms with Crippen molar-refractivity contribution in [3.63, 3.8) is 0 Å². The molecule has 1 aliphatic heterocycles. The smallest absolute Gasteiger partial charge is 0.272 e. The SMILES string of the molecule is NC(=O)C1CC(C(=O)Nc2cc(Cl)ccc2-n2cncn2)=NN1c1ccc(F)cc1. The van der Waals surface area contributed by atoms with E-state index in [1.54, 1.807) is 18.2 Å². The van der Waals surface area contributed by atoms with Gasteiger partial charge in [-0.15, -0.1) is 0 Å². The Morgan fingerprint density at radius 1 is 1.20 bits per heavy atom. The van der Waals surface area contributed by atoms with Gasteiger partial charge in [0.05, 0.1) is 17.1 Å². The predicted molar refractivity (Wildman–Crippen MR) is 109 cm³/mol. The molecular formula is C19H15ClFN7O2. The number of nitrogens with one attached hydrogen (secondary N) is 1. The Hall–Kier alpha value is -3.79. The van der Waals surface area contributed by atoms with E-state index in [1.807, 2.05) is 0 Å². The van der Waals surface area contributed by atoms with E-state index < -0.39 is 23.7 Å². The lowest BCUT2D eigenvalue weighted by atomic mass is 10.1. The highest BCUT2D eigenvalue weighted by Gasteiger charge is 2.35. The van der Waals surface area contributed by atoms with E-state index in [0.29, 0.717) is 22.1 Å². The zero-order valence-corrected chi connectivity index (χ0v) is 16.1. The van der Waals surface area contributed by atoms with Gasteiger partial charge in [-0.25, -0.2) is 14.1 Å². The summed E-state index contributed by atoms with van der Waals surface area (Å²) in [6, 6.07) is 9.40. The van der Waals surface area contributed by atoms with E-state index >= 15 is 0 Å². The van der Waals surface area contributed by atoms with Crippen LogP contribution in [-0.4, -0.2) is 38.3 Å². The Bertz CT molecular complexity index is 1130. The molecule has 0 radical (unpaired) electrons. The summed E-state index contributed by atoms with van der Waals surface area (Å²) in [7, 11) is 0. The molecule has 30 heavy (non-hydrogen) atoms. The zero-order valence-electron chi connectivity index (χ0n) is 15.4. The van der Waals surface area contributed by atoms with Crippen molar-refractivity contribution in [3.8, 4) is 5.69 Å². The number of benzene rings is 2. The quantitative estimate of drug-likeness (QED) is 0.646. The van der Waals surface area contributed by atoms with Gasteiger partial charge in [-0.05, 0) is 42.5 Å². The molecular weight excluding hydrogens is 413 g/mol. The molecule has 0 saturated carbocycles. The molecule has 0 spiro atoms. The largest absolute Gasteiger partial charge is 0.368 e. The molecule has 4 rings (SSSR count). The van der Waals surface area contributed by atoms with E-state index in [2.05, 4.69) is 20.5 Å². The minimum atomic E-state index is -0.870. The summed E-state index contributed by atoms with van der Waals surface area (Å²) in [4.78, 5) is 28.7. The van der Waals surface area contributed by atoms with Crippen LogP contribution in [0.15, 0.2) is 60.2 Å². The number of carbonyl (C=O) groups excluding carboxylic acids is 2. The summed E-state index contributed by atoms with van der Waals surface area (Å²) in [5.41, 5.74) is 6.94. The lowest BCUT2D eigenvalue weighted by Gasteiger charge is -2.20. The van der Waals surface area contributed by atoms with Crippen molar-refractivity contribution in [2.24, 2.45) is 10.8 Å². The van der Waals surface area contributed by atoms with Crippen LogP contribution in [0.3, 0.4) is 0 Å². The Morgan fingerprint density at radius 3 is 2.63 bits per heavy atom. The highest BCUT2D eigenvalue weighted by atomic mass is 35.5. The predicted octanol–water partition coefficient (Wildman–Crippen LogP) is 2.12. The van der Waals surface area contributed by atoms with Crippen LogP contribution in [0.1, 0.15) is 6.42 Å². The lowest BCUT2D eigenvalue weighted by Crippen LogP contribution is -2.39. The lowest BCUT2D eigenvalue weighted by molar-refractivity contribution is -0.119. The molecule has 3 aromatic rings. The van der Waals surface area contributed by atoms with Crippen molar-refractivity contribution >= 4 is 40.5 Å². The maximum atomic E-state index is 13.2. The van der Waals surface area contributed by atoms with Crippen LogP contribution >= 0.6 is 11.6 Å². The Kier molecular flexibility index (Phi) is 5.15. The molecule has 1 atom stereocenters. The molecule has 3 N–H and O–H groups in total. The maximum Gasteiger partial charge on any atom is 0.272 e. The number of nitrogens with two attached hydrogens (primary N) is 1. The second kappa shape index (κ2) is 7.91. The minimum Gasteiger partial charge on any atom is -0.368 e. The van der Waals surface area contributed by atoms with Crippen LogP contribution in [0.2, 0.25) is 5.02 Å². The molecule has 1 aromatic heterocycles. The second-order valence-corrected chi connectivity index (χ2v) is 6.88. The van der Waals surface area contributed by atoms with Crippen molar-refractivity contribution in [2.75, 3.05) is 10.3 Å². The first kappa shape index (κ1) is 19.5. The number of rotatable bonds is 5. The highest BCUT2D eigenvalue weighted by Crippen LogP contribution is 2.27. The number of hydrogen-bond donors (Lipinski definition) is 2. The third-order valence-electron chi connectivity index (χ3n) is 4.46. The molecule has 0 fully saturated rings. The number of amides is 2. The average molecular weight is 428 g/mol. The summed E-state index contributed by atoms with van der Waals surface area (Å²) in [6.45, 7) is 0. The fourth-order valence-electron chi connectivity index (χ4n) is 3.04. The average Bonchev–Trinajstić information content (AvgIpc) is 3.39. The summed E-state index contributed by atoms with van der Waals surface area (Å²) in [5.74, 6) is -1.62. The fourth-order valence-corrected chi connectivity index (χ4v) is 3.21. The third-order valence-corrected chi connectivity index (χ3v) is 4.70. The third kappa shape index (κ3) is 3.85. The molecule has 152 valence electrons. The van der Waals surface area contributed by atoms with Gasteiger partial charge >= 0.3 is 0 Å². The Balaban J connectivity index is 1.62. The highest BCUT2D eigenvalue weighted by molar-refractivity contribution is 6.44. The van der Waals surface area contributed by atoms with Gasteiger partial charge in [0, 0.05) is 11.4 Å². The van der Waals surface area contributed by atoms with Crippen LogP contribution in [-0.2, 0) is 9.59 Å². The van der Waals surface area contributed by atoms with Crippen LogP contribution in [0.5, 0.6) is 0 Å². The first-order valence-electron chi connectivity index (χ1n) is 8.80. The molecule has 2 amide bonds. The molecule has 1 unspecified atom stereocenters. The Labute approximate surface area is 174 Å². The summed E-state index contributed by atoms with van der Waals surface area (Å²) in [5, 5.41) is 12.8. The minimum absolute atomic E-state index is 0.00221. The van der Waals surface area contributed by atoms with E-state index in [4.69, 9.17) is 17.3 Å². The van der Waals surface area contributed by atoms with Gasteiger partial charge in [0.25, 0.3) is 5.91 Å². The van der Waals surface area contributed by atoms with Crippen molar-refractivity contribution in [3.05, 3.63) is 66.0 Å².